The van der Waals surface area contributed by atoms with E-state index in [-0.39, 0.29) is 5.91 Å². The van der Waals surface area contributed by atoms with Crippen molar-refractivity contribution in [2.75, 3.05) is 5.32 Å². The summed E-state index contributed by atoms with van der Waals surface area (Å²) in [5.41, 5.74) is 7.40. The van der Waals surface area contributed by atoms with Gasteiger partial charge in [-0.3, -0.25) is 4.79 Å². The lowest BCUT2D eigenvalue weighted by Gasteiger charge is -2.10. The third-order valence-corrected chi connectivity index (χ3v) is 2.46. The van der Waals surface area contributed by atoms with Gasteiger partial charge >= 0.3 is 0 Å². The number of amides is 1. The summed E-state index contributed by atoms with van der Waals surface area (Å²) in [6.07, 6.45) is 1.48. The Bertz CT molecular complexity index is 348. The van der Waals surface area contributed by atoms with Crippen LogP contribution in [0.4, 0.5) is 5.69 Å². The monoisotopic (exact) mass is 220 g/mol. The second-order valence-electron chi connectivity index (χ2n) is 4.34. The van der Waals surface area contributed by atoms with Crippen molar-refractivity contribution in [3.05, 3.63) is 29.8 Å². The first kappa shape index (κ1) is 12.7. The van der Waals surface area contributed by atoms with Gasteiger partial charge in [0.2, 0.25) is 5.91 Å². The molecule has 0 fully saturated rings. The fraction of sp³-hybridized carbons (Fsp3) is 0.462. The van der Waals surface area contributed by atoms with Gasteiger partial charge in [0.15, 0.2) is 0 Å². The molecule has 0 unspecified atom stereocenters. The van der Waals surface area contributed by atoms with Crippen LogP contribution in [0.15, 0.2) is 24.3 Å². The molecule has 0 bridgehead atoms. The molecule has 0 heterocycles. The van der Waals surface area contributed by atoms with Crippen LogP contribution in [0.2, 0.25) is 0 Å². The van der Waals surface area contributed by atoms with Crippen LogP contribution < -0.4 is 11.1 Å². The first-order chi connectivity index (χ1) is 7.63. The molecule has 1 rings (SSSR count). The van der Waals surface area contributed by atoms with Crippen LogP contribution in [0, 0.1) is 5.92 Å². The summed E-state index contributed by atoms with van der Waals surface area (Å²) in [6, 6.07) is 7.64. The average molecular weight is 220 g/mol. The predicted molar refractivity (Wildman–Crippen MR) is 67.0 cm³/mol. The predicted octanol–water partition coefficient (Wildman–Crippen LogP) is 2.52. The molecule has 0 radical (unpaired) electrons. The maximum absolute atomic E-state index is 11.6. The Hall–Kier alpha value is -1.35. The van der Waals surface area contributed by atoms with E-state index in [0.717, 1.165) is 17.7 Å². The summed E-state index contributed by atoms with van der Waals surface area (Å²) in [6.45, 7) is 4.67. The number of benzene rings is 1. The number of hydrogen-bond donors (Lipinski definition) is 2. The standard InChI is InChI=1S/C13H20N2O/c1-10(2)7-8-13(16)15-12-6-4-3-5-11(12)9-14/h3-6,10H,7-9,14H2,1-2H3,(H,15,16). The van der Waals surface area contributed by atoms with Gasteiger partial charge in [-0.2, -0.15) is 0 Å². The van der Waals surface area contributed by atoms with Gasteiger partial charge in [0, 0.05) is 18.7 Å². The van der Waals surface area contributed by atoms with Crippen molar-refractivity contribution in [3.63, 3.8) is 0 Å². The van der Waals surface area contributed by atoms with Crippen LogP contribution in [0.3, 0.4) is 0 Å². The molecule has 0 aliphatic rings. The molecule has 0 aliphatic heterocycles. The van der Waals surface area contributed by atoms with E-state index in [4.69, 9.17) is 5.73 Å². The highest BCUT2D eigenvalue weighted by molar-refractivity contribution is 5.91. The normalized spacial score (nSPS) is 10.5. The molecule has 0 spiro atoms. The van der Waals surface area contributed by atoms with Crippen molar-refractivity contribution in [1.29, 1.82) is 0 Å². The number of anilines is 1. The lowest BCUT2D eigenvalue weighted by Crippen LogP contribution is -2.14. The topological polar surface area (TPSA) is 55.1 Å². The Morgan fingerprint density at radius 1 is 1.38 bits per heavy atom. The van der Waals surface area contributed by atoms with Crippen molar-refractivity contribution in [1.82, 2.24) is 0 Å². The molecule has 0 atom stereocenters. The summed E-state index contributed by atoms with van der Waals surface area (Å²) in [5.74, 6) is 0.616. The average Bonchev–Trinajstić information content (AvgIpc) is 2.27. The number of nitrogens with two attached hydrogens (primary N) is 1. The Balaban J connectivity index is 2.55. The number of carbonyl (C=O) groups excluding carboxylic acids is 1. The van der Waals surface area contributed by atoms with Crippen molar-refractivity contribution < 1.29 is 4.79 Å². The van der Waals surface area contributed by atoms with E-state index < -0.39 is 0 Å². The van der Waals surface area contributed by atoms with Crippen LogP contribution in [0.5, 0.6) is 0 Å². The molecule has 1 amide bonds. The van der Waals surface area contributed by atoms with E-state index in [1.165, 1.54) is 0 Å². The van der Waals surface area contributed by atoms with Gasteiger partial charge < -0.3 is 11.1 Å². The van der Waals surface area contributed by atoms with Crippen molar-refractivity contribution >= 4 is 11.6 Å². The van der Waals surface area contributed by atoms with Crippen molar-refractivity contribution in [2.24, 2.45) is 11.7 Å². The third kappa shape index (κ3) is 4.03. The molecule has 0 saturated carbocycles. The van der Waals surface area contributed by atoms with E-state index in [1.807, 2.05) is 24.3 Å². The summed E-state index contributed by atoms with van der Waals surface area (Å²) in [4.78, 5) is 11.6. The minimum Gasteiger partial charge on any atom is -0.326 e. The lowest BCUT2D eigenvalue weighted by molar-refractivity contribution is -0.116. The van der Waals surface area contributed by atoms with Crippen LogP contribution in [0.25, 0.3) is 0 Å². The van der Waals surface area contributed by atoms with E-state index in [1.54, 1.807) is 0 Å². The van der Waals surface area contributed by atoms with E-state index in [2.05, 4.69) is 19.2 Å². The quantitative estimate of drug-likeness (QED) is 0.801. The molecule has 3 heteroatoms. The molecular weight excluding hydrogens is 200 g/mol. The fourth-order valence-electron chi connectivity index (χ4n) is 1.45. The zero-order valence-corrected chi connectivity index (χ0v) is 9.99. The minimum atomic E-state index is 0.0644. The van der Waals surface area contributed by atoms with Crippen molar-refractivity contribution in [3.8, 4) is 0 Å². The summed E-state index contributed by atoms with van der Waals surface area (Å²) in [5, 5.41) is 2.90. The van der Waals surface area contributed by atoms with Gasteiger partial charge in [-0.1, -0.05) is 32.0 Å². The number of hydrogen-bond acceptors (Lipinski definition) is 2. The molecule has 88 valence electrons. The molecule has 3 N–H and O–H groups in total. The first-order valence-corrected chi connectivity index (χ1v) is 5.71. The van der Waals surface area contributed by atoms with Gasteiger partial charge in [-0.25, -0.2) is 0 Å². The van der Waals surface area contributed by atoms with E-state index in [9.17, 15) is 4.79 Å². The van der Waals surface area contributed by atoms with Gasteiger partial charge in [0.05, 0.1) is 0 Å². The first-order valence-electron chi connectivity index (χ1n) is 5.71. The van der Waals surface area contributed by atoms with Crippen LogP contribution in [0.1, 0.15) is 32.3 Å². The van der Waals surface area contributed by atoms with Crippen LogP contribution in [-0.2, 0) is 11.3 Å². The molecule has 3 nitrogen and oxygen atoms in total. The van der Waals surface area contributed by atoms with Gasteiger partial charge in [0.25, 0.3) is 0 Å². The highest BCUT2D eigenvalue weighted by Crippen LogP contribution is 2.15. The maximum Gasteiger partial charge on any atom is 0.224 e. The lowest BCUT2D eigenvalue weighted by atomic mass is 10.1. The number of para-hydroxylation sites is 1. The minimum absolute atomic E-state index is 0.0644. The smallest absolute Gasteiger partial charge is 0.224 e. The largest absolute Gasteiger partial charge is 0.326 e. The highest BCUT2D eigenvalue weighted by atomic mass is 16.1. The Labute approximate surface area is 97.0 Å². The van der Waals surface area contributed by atoms with Gasteiger partial charge in [-0.05, 0) is 24.0 Å². The van der Waals surface area contributed by atoms with E-state index >= 15 is 0 Å². The van der Waals surface area contributed by atoms with Gasteiger partial charge in [-0.15, -0.1) is 0 Å². The van der Waals surface area contributed by atoms with Gasteiger partial charge in [0.1, 0.15) is 0 Å². The Kier molecular flexibility index (Phi) is 4.99. The van der Waals surface area contributed by atoms with Crippen molar-refractivity contribution in [2.45, 2.75) is 33.2 Å². The molecule has 0 aliphatic carbocycles. The zero-order valence-electron chi connectivity index (χ0n) is 9.99. The summed E-state index contributed by atoms with van der Waals surface area (Å²) in [7, 11) is 0. The summed E-state index contributed by atoms with van der Waals surface area (Å²) < 4.78 is 0. The molecular formula is C13H20N2O. The Morgan fingerprint density at radius 3 is 2.69 bits per heavy atom. The van der Waals surface area contributed by atoms with Crippen LogP contribution in [-0.4, -0.2) is 5.91 Å². The molecule has 1 aromatic carbocycles. The van der Waals surface area contributed by atoms with Crippen LogP contribution >= 0.6 is 0 Å². The Morgan fingerprint density at radius 2 is 2.06 bits per heavy atom. The molecule has 1 aromatic rings. The number of carbonyl (C=O) groups is 1. The second-order valence-corrected chi connectivity index (χ2v) is 4.34. The summed E-state index contributed by atoms with van der Waals surface area (Å²) >= 11 is 0. The second kappa shape index (κ2) is 6.28. The fourth-order valence-corrected chi connectivity index (χ4v) is 1.45. The van der Waals surface area contributed by atoms with E-state index in [0.29, 0.717) is 18.9 Å². The number of rotatable bonds is 5. The number of nitrogens with one attached hydrogen (secondary N) is 1. The molecule has 0 aromatic heterocycles. The SMILES string of the molecule is CC(C)CCC(=O)Nc1ccccc1CN. The maximum atomic E-state index is 11.6. The highest BCUT2D eigenvalue weighted by Gasteiger charge is 2.06. The zero-order chi connectivity index (χ0) is 12.0. The molecule has 0 saturated heterocycles. The molecule has 16 heavy (non-hydrogen) atoms. The third-order valence-electron chi connectivity index (χ3n) is 2.46.